The molecule has 1 unspecified atom stereocenters. The van der Waals surface area contributed by atoms with Gasteiger partial charge in [-0.3, -0.25) is 14.4 Å². The first-order chi connectivity index (χ1) is 15.7. The van der Waals surface area contributed by atoms with Crippen molar-refractivity contribution in [1.29, 1.82) is 0 Å². The SMILES string of the molecule is Cn1cc(-c2ccc(CN3C(=O)C4(CCN(CC(F)(F)F)C4)c4ccccc43)c(F)c2)cn1. The number of likely N-dealkylation sites (tertiary alicyclic amines) is 1. The summed E-state index contributed by atoms with van der Waals surface area (Å²) in [4.78, 5) is 16.4. The second-order valence-corrected chi connectivity index (χ2v) is 8.78. The molecule has 0 bridgehead atoms. The number of amides is 1. The van der Waals surface area contributed by atoms with Crippen LogP contribution in [0.15, 0.2) is 54.9 Å². The fraction of sp³-hybridized carbons (Fsp3) is 0.333. The average molecular weight is 458 g/mol. The van der Waals surface area contributed by atoms with Crippen LogP contribution in [-0.2, 0) is 23.8 Å². The Bertz CT molecular complexity index is 1220. The lowest BCUT2D eigenvalue weighted by Gasteiger charge is -2.25. The molecule has 33 heavy (non-hydrogen) atoms. The minimum atomic E-state index is -4.33. The van der Waals surface area contributed by atoms with E-state index in [0.29, 0.717) is 28.8 Å². The maximum atomic E-state index is 15.0. The van der Waals surface area contributed by atoms with Crippen molar-refractivity contribution in [3.63, 3.8) is 0 Å². The summed E-state index contributed by atoms with van der Waals surface area (Å²) >= 11 is 0. The second kappa shape index (κ2) is 7.69. The topological polar surface area (TPSA) is 41.4 Å². The van der Waals surface area contributed by atoms with Gasteiger partial charge in [0.15, 0.2) is 0 Å². The molecule has 1 aromatic heterocycles. The number of benzene rings is 2. The molecule has 1 saturated heterocycles. The van der Waals surface area contributed by atoms with Crippen LogP contribution in [0.1, 0.15) is 17.5 Å². The highest BCUT2D eigenvalue weighted by Crippen LogP contribution is 2.48. The largest absolute Gasteiger partial charge is 0.401 e. The molecule has 3 aromatic rings. The summed E-state index contributed by atoms with van der Waals surface area (Å²) < 4.78 is 55.5. The smallest absolute Gasteiger partial charge is 0.307 e. The van der Waals surface area contributed by atoms with Crippen molar-refractivity contribution in [2.24, 2.45) is 7.05 Å². The molecule has 172 valence electrons. The van der Waals surface area contributed by atoms with Gasteiger partial charge in [-0.2, -0.15) is 18.3 Å². The van der Waals surface area contributed by atoms with E-state index >= 15 is 4.39 Å². The Morgan fingerprint density at radius 2 is 1.91 bits per heavy atom. The van der Waals surface area contributed by atoms with Gasteiger partial charge >= 0.3 is 6.18 Å². The summed E-state index contributed by atoms with van der Waals surface area (Å²) in [6.07, 6.45) is -0.597. The van der Waals surface area contributed by atoms with Crippen LogP contribution in [0.3, 0.4) is 0 Å². The Morgan fingerprint density at radius 1 is 1.12 bits per heavy atom. The number of fused-ring (bicyclic) bond motifs is 2. The van der Waals surface area contributed by atoms with E-state index in [1.807, 2.05) is 0 Å². The predicted molar refractivity (Wildman–Crippen MR) is 115 cm³/mol. The lowest BCUT2D eigenvalue weighted by molar-refractivity contribution is -0.144. The molecule has 1 fully saturated rings. The van der Waals surface area contributed by atoms with Crippen LogP contribution in [0.2, 0.25) is 0 Å². The summed E-state index contributed by atoms with van der Waals surface area (Å²) in [5.74, 6) is -0.725. The number of aromatic nitrogens is 2. The Hall–Kier alpha value is -3.20. The van der Waals surface area contributed by atoms with E-state index in [1.54, 1.807) is 60.5 Å². The minimum absolute atomic E-state index is 0.00127. The van der Waals surface area contributed by atoms with E-state index in [1.165, 1.54) is 15.9 Å². The molecule has 2 aromatic carbocycles. The maximum Gasteiger partial charge on any atom is 0.401 e. The van der Waals surface area contributed by atoms with Gasteiger partial charge in [0.2, 0.25) is 5.91 Å². The first-order valence-corrected chi connectivity index (χ1v) is 10.6. The summed E-state index contributed by atoms with van der Waals surface area (Å²) in [5, 5.41) is 4.10. The highest BCUT2D eigenvalue weighted by molar-refractivity contribution is 6.08. The van der Waals surface area contributed by atoms with Crippen LogP contribution in [-0.4, -0.2) is 46.4 Å². The zero-order chi connectivity index (χ0) is 23.4. The Morgan fingerprint density at radius 3 is 2.61 bits per heavy atom. The molecule has 0 radical (unpaired) electrons. The molecule has 9 heteroatoms. The van der Waals surface area contributed by atoms with E-state index in [9.17, 15) is 18.0 Å². The van der Waals surface area contributed by atoms with Crippen molar-refractivity contribution < 1.29 is 22.4 Å². The summed E-state index contributed by atoms with van der Waals surface area (Å²) in [5.41, 5.74) is 2.11. The van der Waals surface area contributed by atoms with Gasteiger partial charge in [-0.25, -0.2) is 4.39 Å². The lowest BCUT2D eigenvalue weighted by Crippen LogP contribution is -2.43. The Kier molecular flexibility index (Phi) is 5.04. The van der Waals surface area contributed by atoms with Gasteiger partial charge in [0, 0.05) is 36.6 Å². The van der Waals surface area contributed by atoms with Crippen LogP contribution in [0.5, 0.6) is 0 Å². The fourth-order valence-electron chi connectivity index (χ4n) is 5.02. The van der Waals surface area contributed by atoms with Crippen molar-refractivity contribution in [2.75, 3.05) is 24.5 Å². The standard InChI is InChI=1S/C24H22F4N4O/c1-30-12-18(11-29-30)16-6-7-17(20(25)10-16)13-32-21-5-3-2-4-19(21)23(22(32)33)8-9-31(14-23)15-24(26,27)28/h2-7,10-12H,8-9,13-15H2,1H3. The van der Waals surface area contributed by atoms with Crippen molar-refractivity contribution in [3.05, 3.63) is 71.8 Å². The van der Waals surface area contributed by atoms with E-state index < -0.39 is 24.0 Å². The monoisotopic (exact) mass is 458 g/mol. The van der Waals surface area contributed by atoms with Gasteiger partial charge in [0.25, 0.3) is 0 Å². The predicted octanol–water partition coefficient (Wildman–Crippen LogP) is 4.28. The Labute approximate surface area is 188 Å². The number of anilines is 1. The molecule has 0 aliphatic carbocycles. The number of aryl methyl sites for hydroxylation is 1. The van der Waals surface area contributed by atoms with E-state index in [2.05, 4.69) is 5.10 Å². The van der Waals surface area contributed by atoms with Crippen LogP contribution in [0.25, 0.3) is 11.1 Å². The third-order valence-electron chi connectivity index (χ3n) is 6.54. The number of nitrogens with zero attached hydrogens (tertiary/aromatic N) is 4. The Balaban J connectivity index is 1.44. The number of carbonyl (C=O) groups is 1. The second-order valence-electron chi connectivity index (χ2n) is 8.78. The number of carbonyl (C=O) groups excluding carboxylic acids is 1. The number of rotatable bonds is 4. The molecule has 1 spiro atoms. The molecule has 2 aliphatic rings. The van der Waals surface area contributed by atoms with Gasteiger partial charge in [-0.15, -0.1) is 0 Å². The van der Waals surface area contributed by atoms with Crippen LogP contribution in [0.4, 0.5) is 23.2 Å². The first kappa shape index (κ1) is 21.6. The lowest BCUT2D eigenvalue weighted by atomic mass is 9.81. The zero-order valence-corrected chi connectivity index (χ0v) is 17.9. The molecular formula is C24H22F4N4O. The summed E-state index contributed by atoms with van der Waals surface area (Å²) in [6, 6.07) is 12.0. The molecular weight excluding hydrogens is 436 g/mol. The molecule has 3 heterocycles. The third-order valence-corrected chi connectivity index (χ3v) is 6.54. The maximum absolute atomic E-state index is 15.0. The molecule has 1 atom stereocenters. The first-order valence-electron chi connectivity index (χ1n) is 10.6. The van der Waals surface area contributed by atoms with Crippen LogP contribution < -0.4 is 4.90 Å². The quantitative estimate of drug-likeness (QED) is 0.548. The van der Waals surface area contributed by atoms with E-state index in [0.717, 1.165) is 5.56 Å². The normalized spacial score (nSPS) is 20.8. The summed E-state index contributed by atoms with van der Waals surface area (Å²) in [7, 11) is 1.78. The average Bonchev–Trinajstić information content (AvgIpc) is 3.43. The van der Waals surface area contributed by atoms with Gasteiger partial charge < -0.3 is 4.90 Å². The highest BCUT2D eigenvalue weighted by atomic mass is 19.4. The van der Waals surface area contributed by atoms with Gasteiger partial charge in [-0.05, 0) is 36.2 Å². The molecule has 5 nitrogen and oxygen atoms in total. The summed E-state index contributed by atoms with van der Waals surface area (Å²) in [6.45, 7) is -0.854. The van der Waals surface area contributed by atoms with Gasteiger partial charge in [0.05, 0.1) is 24.7 Å². The van der Waals surface area contributed by atoms with Crippen LogP contribution >= 0.6 is 0 Å². The zero-order valence-electron chi connectivity index (χ0n) is 17.9. The number of hydrogen-bond acceptors (Lipinski definition) is 3. The van der Waals surface area contributed by atoms with E-state index in [4.69, 9.17) is 0 Å². The third kappa shape index (κ3) is 3.80. The number of hydrogen-bond donors (Lipinski definition) is 0. The van der Waals surface area contributed by atoms with Crippen molar-refractivity contribution in [1.82, 2.24) is 14.7 Å². The van der Waals surface area contributed by atoms with Crippen molar-refractivity contribution in [2.45, 2.75) is 24.6 Å². The fourth-order valence-corrected chi connectivity index (χ4v) is 5.02. The van der Waals surface area contributed by atoms with Gasteiger partial charge in [0.1, 0.15) is 5.82 Å². The van der Waals surface area contributed by atoms with Gasteiger partial charge in [-0.1, -0.05) is 30.3 Å². The molecule has 5 rings (SSSR count). The highest BCUT2D eigenvalue weighted by Gasteiger charge is 2.55. The van der Waals surface area contributed by atoms with E-state index in [-0.39, 0.29) is 25.5 Å². The number of halogens is 4. The molecule has 1 amide bonds. The van der Waals surface area contributed by atoms with Crippen LogP contribution in [0, 0.1) is 5.82 Å². The number of alkyl halides is 3. The van der Waals surface area contributed by atoms with Crippen molar-refractivity contribution in [3.8, 4) is 11.1 Å². The minimum Gasteiger partial charge on any atom is -0.307 e. The molecule has 0 N–H and O–H groups in total. The van der Waals surface area contributed by atoms with Crippen molar-refractivity contribution >= 4 is 11.6 Å². The number of para-hydroxylation sites is 1. The molecule has 2 aliphatic heterocycles. The molecule has 0 saturated carbocycles.